The monoisotopic (exact) mass is 177 g/mol. The van der Waals surface area contributed by atoms with Gasteiger partial charge in [-0.15, -0.1) is 0 Å². The van der Waals surface area contributed by atoms with Gasteiger partial charge in [0, 0.05) is 12.5 Å². The van der Waals surface area contributed by atoms with Gasteiger partial charge in [-0.25, -0.2) is 8.78 Å². The normalized spacial score (nSPS) is 25.1. The minimum Gasteiger partial charge on any atom is -0.303 e. The molecule has 0 aromatic heterocycles. The Bertz CT molecular complexity index is 152. The SMILES string of the molecule is O=CCC1CCCN1CC(F)F. The zero-order valence-corrected chi connectivity index (χ0v) is 6.88. The lowest BCUT2D eigenvalue weighted by Gasteiger charge is -2.21. The van der Waals surface area contributed by atoms with E-state index in [9.17, 15) is 13.6 Å². The molecule has 4 heteroatoms. The van der Waals surface area contributed by atoms with Crippen LogP contribution in [0.15, 0.2) is 0 Å². The lowest BCUT2D eigenvalue weighted by molar-refractivity contribution is -0.108. The molecule has 0 bridgehead atoms. The van der Waals surface area contributed by atoms with Crippen molar-refractivity contribution in [2.45, 2.75) is 31.7 Å². The molecule has 12 heavy (non-hydrogen) atoms. The number of rotatable bonds is 4. The first-order valence-corrected chi connectivity index (χ1v) is 4.20. The van der Waals surface area contributed by atoms with Gasteiger partial charge in [-0.3, -0.25) is 4.90 Å². The first kappa shape index (κ1) is 9.58. The second kappa shape index (κ2) is 4.50. The van der Waals surface area contributed by atoms with Crippen molar-refractivity contribution in [1.82, 2.24) is 4.90 Å². The Balaban J connectivity index is 2.35. The van der Waals surface area contributed by atoms with Crippen LogP contribution in [0.3, 0.4) is 0 Å². The molecular weight excluding hydrogens is 164 g/mol. The summed E-state index contributed by atoms with van der Waals surface area (Å²) in [5.74, 6) is 0. The van der Waals surface area contributed by atoms with Crippen LogP contribution in [-0.4, -0.2) is 36.7 Å². The lowest BCUT2D eigenvalue weighted by atomic mass is 10.2. The smallest absolute Gasteiger partial charge is 0.251 e. The van der Waals surface area contributed by atoms with Crippen molar-refractivity contribution in [3.63, 3.8) is 0 Å². The molecule has 1 heterocycles. The third kappa shape index (κ3) is 2.52. The fourth-order valence-electron chi connectivity index (χ4n) is 1.69. The van der Waals surface area contributed by atoms with Crippen LogP contribution >= 0.6 is 0 Å². The van der Waals surface area contributed by atoms with E-state index in [0.29, 0.717) is 13.0 Å². The first-order chi connectivity index (χ1) is 5.74. The number of alkyl halides is 2. The van der Waals surface area contributed by atoms with Gasteiger partial charge in [0.05, 0.1) is 6.54 Å². The molecule has 1 aliphatic rings. The van der Waals surface area contributed by atoms with Gasteiger partial charge < -0.3 is 4.79 Å². The maximum Gasteiger partial charge on any atom is 0.251 e. The Hall–Kier alpha value is -0.510. The lowest BCUT2D eigenvalue weighted by Crippen LogP contribution is -2.33. The molecule has 1 rings (SSSR count). The molecule has 0 amide bonds. The summed E-state index contributed by atoms with van der Waals surface area (Å²) < 4.78 is 23.9. The molecule has 1 fully saturated rings. The van der Waals surface area contributed by atoms with Crippen molar-refractivity contribution in [3.05, 3.63) is 0 Å². The maximum atomic E-state index is 12.0. The van der Waals surface area contributed by atoms with Crippen LogP contribution in [-0.2, 0) is 4.79 Å². The maximum absolute atomic E-state index is 12.0. The zero-order valence-electron chi connectivity index (χ0n) is 6.88. The fourth-order valence-corrected chi connectivity index (χ4v) is 1.69. The van der Waals surface area contributed by atoms with E-state index in [1.165, 1.54) is 0 Å². The summed E-state index contributed by atoms with van der Waals surface area (Å²) in [5, 5.41) is 0. The molecule has 2 nitrogen and oxygen atoms in total. The predicted molar refractivity (Wildman–Crippen MR) is 41.3 cm³/mol. The quantitative estimate of drug-likeness (QED) is 0.603. The van der Waals surface area contributed by atoms with Crippen LogP contribution in [0, 0.1) is 0 Å². The standard InChI is InChI=1S/C8H13F2NO/c9-8(10)6-11-4-1-2-7(11)3-5-12/h5,7-8H,1-4,6H2. The highest BCUT2D eigenvalue weighted by Gasteiger charge is 2.25. The predicted octanol–water partition coefficient (Wildman–Crippen LogP) is 1.30. The van der Waals surface area contributed by atoms with E-state index >= 15 is 0 Å². The Morgan fingerprint density at radius 3 is 2.92 bits per heavy atom. The molecule has 0 spiro atoms. The first-order valence-electron chi connectivity index (χ1n) is 4.20. The van der Waals surface area contributed by atoms with Crippen molar-refractivity contribution in [2.24, 2.45) is 0 Å². The van der Waals surface area contributed by atoms with Crippen LogP contribution in [0.1, 0.15) is 19.3 Å². The average molecular weight is 177 g/mol. The number of hydrogen-bond acceptors (Lipinski definition) is 2. The van der Waals surface area contributed by atoms with Crippen molar-refractivity contribution in [3.8, 4) is 0 Å². The number of carbonyl (C=O) groups is 1. The van der Waals surface area contributed by atoms with E-state index in [4.69, 9.17) is 0 Å². The molecule has 1 atom stereocenters. The van der Waals surface area contributed by atoms with E-state index in [1.807, 2.05) is 0 Å². The third-order valence-corrected chi connectivity index (χ3v) is 2.24. The highest BCUT2D eigenvalue weighted by atomic mass is 19.3. The molecule has 0 N–H and O–H groups in total. The van der Waals surface area contributed by atoms with E-state index < -0.39 is 6.43 Å². The topological polar surface area (TPSA) is 20.3 Å². The fraction of sp³-hybridized carbons (Fsp3) is 0.875. The van der Waals surface area contributed by atoms with Crippen LogP contribution < -0.4 is 0 Å². The number of aldehydes is 1. The van der Waals surface area contributed by atoms with Crippen molar-refractivity contribution in [2.75, 3.05) is 13.1 Å². The molecule has 0 aromatic rings. The Kier molecular flexibility index (Phi) is 3.59. The van der Waals surface area contributed by atoms with Crippen LogP contribution in [0.25, 0.3) is 0 Å². The summed E-state index contributed by atoms with van der Waals surface area (Å²) in [7, 11) is 0. The van der Waals surface area contributed by atoms with Crippen molar-refractivity contribution < 1.29 is 13.6 Å². The Labute approximate surface area is 70.5 Å². The zero-order chi connectivity index (χ0) is 8.97. The van der Waals surface area contributed by atoms with Crippen molar-refractivity contribution in [1.29, 1.82) is 0 Å². The van der Waals surface area contributed by atoms with Gasteiger partial charge in [0.25, 0.3) is 6.43 Å². The number of halogens is 2. The van der Waals surface area contributed by atoms with Gasteiger partial charge in [-0.1, -0.05) is 0 Å². The Morgan fingerprint density at radius 1 is 1.58 bits per heavy atom. The van der Waals surface area contributed by atoms with Gasteiger partial charge in [0.2, 0.25) is 0 Å². The number of carbonyl (C=O) groups excluding carboxylic acids is 1. The van der Waals surface area contributed by atoms with Crippen LogP contribution in [0.4, 0.5) is 8.78 Å². The molecule has 70 valence electrons. The second-order valence-corrected chi connectivity index (χ2v) is 3.08. The van der Waals surface area contributed by atoms with Gasteiger partial charge in [0.1, 0.15) is 6.29 Å². The summed E-state index contributed by atoms with van der Waals surface area (Å²) >= 11 is 0. The van der Waals surface area contributed by atoms with Crippen LogP contribution in [0.2, 0.25) is 0 Å². The van der Waals surface area contributed by atoms with Gasteiger partial charge in [-0.05, 0) is 19.4 Å². The molecule has 1 saturated heterocycles. The molecule has 1 unspecified atom stereocenters. The Morgan fingerprint density at radius 2 is 2.33 bits per heavy atom. The molecule has 1 aliphatic heterocycles. The third-order valence-electron chi connectivity index (χ3n) is 2.24. The summed E-state index contributed by atoms with van der Waals surface area (Å²) in [6.45, 7) is 0.529. The van der Waals surface area contributed by atoms with Gasteiger partial charge in [0.15, 0.2) is 0 Å². The van der Waals surface area contributed by atoms with Crippen molar-refractivity contribution >= 4 is 6.29 Å². The summed E-state index contributed by atoms with van der Waals surface area (Å²) in [6.07, 6.45) is 0.745. The van der Waals surface area contributed by atoms with E-state index in [2.05, 4.69) is 0 Å². The van der Waals surface area contributed by atoms with E-state index in [0.717, 1.165) is 19.1 Å². The van der Waals surface area contributed by atoms with E-state index in [-0.39, 0.29) is 12.6 Å². The average Bonchev–Trinajstić information content (AvgIpc) is 2.37. The molecule has 0 aromatic carbocycles. The summed E-state index contributed by atoms with van der Waals surface area (Å²) in [6, 6.07) is 0.0662. The second-order valence-electron chi connectivity index (χ2n) is 3.08. The number of hydrogen-bond donors (Lipinski definition) is 0. The minimum absolute atomic E-state index is 0.0662. The van der Waals surface area contributed by atoms with Gasteiger partial charge in [-0.2, -0.15) is 0 Å². The molecule has 0 aliphatic carbocycles. The highest BCUT2D eigenvalue weighted by molar-refractivity contribution is 5.50. The number of likely N-dealkylation sites (tertiary alicyclic amines) is 1. The highest BCUT2D eigenvalue weighted by Crippen LogP contribution is 2.19. The van der Waals surface area contributed by atoms with Gasteiger partial charge >= 0.3 is 0 Å². The van der Waals surface area contributed by atoms with Crippen LogP contribution in [0.5, 0.6) is 0 Å². The molecule has 0 saturated carbocycles. The number of nitrogens with zero attached hydrogens (tertiary/aromatic N) is 1. The largest absolute Gasteiger partial charge is 0.303 e. The molecule has 0 radical (unpaired) electrons. The molecular formula is C8H13F2NO. The summed E-state index contributed by atoms with van der Waals surface area (Å²) in [4.78, 5) is 11.9. The summed E-state index contributed by atoms with van der Waals surface area (Å²) in [5.41, 5.74) is 0. The minimum atomic E-state index is -2.28. The van der Waals surface area contributed by atoms with E-state index in [1.54, 1.807) is 4.90 Å².